The van der Waals surface area contributed by atoms with Crippen LogP contribution in [0.3, 0.4) is 0 Å². The van der Waals surface area contributed by atoms with Gasteiger partial charge < -0.3 is 5.11 Å². The van der Waals surface area contributed by atoms with Gasteiger partial charge in [0, 0.05) is 0 Å². The summed E-state index contributed by atoms with van der Waals surface area (Å²) in [6.45, 7) is 9.11. The molecule has 0 radical (unpaired) electrons. The first kappa shape index (κ1) is 14.6. The molecule has 1 aliphatic carbocycles. The third-order valence-corrected chi connectivity index (χ3v) is 4.79. The van der Waals surface area contributed by atoms with Crippen LogP contribution in [0.15, 0.2) is 24.3 Å². The van der Waals surface area contributed by atoms with Crippen molar-refractivity contribution in [3.63, 3.8) is 0 Å². The monoisotopic (exact) mass is 260 g/mol. The Morgan fingerprint density at radius 2 is 1.74 bits per heavy atom. The topological polar surface area (TPSA) is 20.2 Å². The SMILES string of the molecule is Cc1ccc(CC2CC(C(C)(C)C)CCC2O)cc1. The van der Waals surface area contributed by atoms with Crippen LogP contribution in [0.4, 0.5) is 0 Å². The number of rotatable bonds is 2. The summed E-state index contributed by atoms with van der Waals surface area (Å²) >= 11 is 0. The van der Waals surface area contributed by atoms with Crippen molar-refractivity contribution in [2.75, 3.05) is 0 Å². The van der Waals surface area contributed by atoms with Crippen LogP contribution in [-0.4, -0.2) is 11.2 Å². The van der Waals surface area contributed by atoms with Crippen molar-refractivity contribution in [3.8, 4) is 0 Å². The molecule has 1 N–H and O–H groups in total. The lowest BCUT2D eigenvalue weighted by molar-refractivity contribution is 0.0196. The fourth-order valence-electron chi connectivity index (χ4n) is 3.28. The van der Waals surface area contributed by atoms with E-state index in [9.17, 15) is 5.11 Å². The van der Waals surface area contributed by atoms with Gasteiger partial charge in [-0.25, -0.2) is 0 Å². The number of aliphatic hydroxyl groups is 1. The first-order valence-electron chi connectivity index (χ1n) is 7.60. The third-order valence-electron chi connectivity index (χ3n) is 4.79. The van der Waals surface area contributed by atoms with Gasteiger partial charge in [-0.2, -0.15) is 0 Å². The molecule has 106 valence electrons. The molecule has 1 saturated carbocycles. The van der Waals surface area contributed by atoms with E-state index in [0.717, 1.165) is 18.8 Å². The maximum atomic E-state index is 10.3. The highest BCUT2D eigenvalue weighted by atomic mass is 16.3. The average Bonchev–Trinajstić information content (AvgIpc) is 2.33. The summed E-state index contributed by atoms with van der Waals surface area (Å²) < 4.78 is 0. The largest absolute Gasteiger partial charge is 0.393 e. The molecule has 1 heteroatoms. The minimum atomic E-state index is -0.111. The minimum absolute atomic E-state index is 0.111. The lowest BCUT2D eigenvalue weighted by atomic mass is 9.67. The van der Waals surface area contributed by atoms with Gasteiger partial charge >= 0.3 is 0 Å². The fourth-order valence-corrected chi connectivity index (χ4v) is 3.28. The van der Waals surface area contributed by atoms with Gasteiger partial charge in [0.2, 0.25) is 0 Å². The molecule has 0 aromatic heterocycles. The van der Waals surface area contributed by atoms with Gasteiger partial charge in [0.05, 0.1) is 6.10 Å². The molecule has 1 aromatic rings. The minimum Gasteiger partial charge on any atom is -0.393 e. The van der Waals surface area contributed by atoms with E-state index in [0.29, 0.717) is 11.3 Å². The molecule has 1 aliphatic rings. The molecule has 0 heterocycles. The van der Waals surface area contributed by atoms with Crippen LogP contribution >= 0.6 is 0 Å². The van der Waals surface area contributed by atoms with Crippen LogP contribution in [0.25, 0.3) is 0 Å². The van der Waals surface area contributed by atoms with Crippen molar-refractivity contribution < 1.29 is 5.11 Å². The van der Waals surface area contributed by atoms with Crippen molar-refractivity contribution in [2.45, 2.75) is 59.5 Å². The highest BCUT2D eigenvalue weighted by Crippen LogP contribution is 2.41. The molecule has 0 saturated heterocycles. The summed E-state index contributed by atoms with van der Waals surface area (Å²) in [7, 11) is 0. The zero-order valence-corrected chi connectivity index (χ0v) is 12.8. The molecular weight excluding hydrogens is 232 g/mol. The Labute approximate surface area is 118 Å². The summed E-state index contributed by atoms with van der Waals surface area (Å²) in [5, 5.41) is 10.3. The second kappa shape index (κ2) is 5.66. The quantitative estimate of drug-likeness (QED) is 0.837. The van der Waals surface area contributed by atoms with Crippen LogP contribution in [0.1, 0.15) is 51.2 Å². The molecule has 1 fully saturated rings. The predicted molar refractivity (Wildman–Crippen MR) is 81.2 cm³/mol. The number of aryl methyl sites for hydroxylation is 1. The Bertz CT molecular complexity index is 399. The van der Waals surface area contributed by atoms with Crippen molar-refractivity contribution in [1.29, 1.82) is 0 Å². The molecule has 0 aliphatic heterocycles. The van der Waals surface area contributed by atoms with Crippen molar-refractivity contribution in [1.82, 2.24) is 0 Å². The molecule has 1 nitrogen and oxygen atoms in total. The summed E-state index contributed by atoms with van der Waals surface area (Å²) in [4.78, 5) is 0. The van der Waals surface area contributed by atoms with E-state index in [-0.39, 0.29) is 6.10 Å². The van der Waals surface area contributed by atoms with E-state index in [4.69, 9.17) is 0 Å². The molecular formula is C18H28O. The summed E-state index contributed by atoms with van der Waals surface area (Å²) in [5.74, 6) is 1.17. The van der Waals surface area contributed by atoms with Crippen LogP contribution < -0.4 is 0 Å². The van der Waals surface area contributed by atoms with Crippen LogP contribution in [0.2, 0.25) is 0 Å². The number of hydrogen-bond donors (Lipinski definition) is 1. The second-order valence-corrected chi connectivity index (χ2v) is 7.39. The highest BCUT2D eigenvalue weighted by Gasteiger charge is 2.34. The Hall–Kier alpha value is -0.820. The number of benzene rings is 1. The molecule has 0 amide bonds. The molecule has 3 unspecified atom stereocenters. The smallest absolute Gasteiger partial charge is 0.0571 e. The van der Waals surface area contributed by atoms with Gasteiger partial charge in [-0.1, -0.05) is 50.6 Å². The van der Waals surface area contributed by atoms with Crippen molar-refractivity contribution >= 4 is 0 Å². The normalized spacial score (nSPS) is 28.4. The Morgan fingerprint density at radius 1 is 1.11 bits per heavy atom. The molecule has 2 rings (SSSR count). The zero-order valence-electron chi connectivity index (χ0n) is 12.8. The summed E-state index contributed by atoms with van der Waals surface area (Å²) in [5.41, 5.74) is 3.04. The lowest BCUT2D eigenvalue weighted by Gasteiger charge is -2.40. The number of hydrogen-bond acceptors (Lipinski definition) is 1. The highest BCUT2D eigenvalue weighted by molar-refractivity contribution is 5.22. The standard InChI is InChI=1S/C18H28O/c1-13-5-7-14(8-6-13)11-15-12-16(18(2,3)4)9-10-17(15)19/h5-8,15-17,19H,9-12H2,1-4H3. The van der Waals surface area contributed by atoms with Gasteiger partial charge in [0.25, 0.3) is 0 Å². The molecule has 19 heavy (non-hydrogen) atoms. The lowest BCUT2D eigenvalue weighted by Crippen LogP contribution is -2.35. The third kappa shape index (κ3) is 3.82. The van der Waals surface area contributed by atoms with Gasteiger partial charge in [0.15, 0.2) is 0 Å². The van der Waals surface area contributed by atoms with Crippen molar-refractivity contribution in [2.24, 2.45) is 17.3 Å². The second-order valence-electron chi connectivity index (χ2n) is 7.39. The Kier molecular flexibility index (Phi) is 4.35. The van der Waals surface area contributed by atoms with Crippen LogP contribution in [0, 0.1) is 24.2 Å². The van der Waals surface area contributed by atoms with E-state index < -0.39 is 0 Å². The van der Waals surface area contributed by atoms with Gasteiger partial charge in [-0.3, -0.25) is 0 Å². The average molecular weight is 260 g/mol. The van der Waals surface area contributed by atoms with E-state index in [1.807, 2.05) is 0 Å². The summed E-state index contributed by atoms with van der Waals surface area (Å²) in [6, 6.07) is 8.77. The van der Waals surface area contributed by atoms with E-state index in [1.54, 1.807) is 0 Å². The van der Waals surface area contributed by atoms with E-state index in [1.165, 1.54) is 24.0 Å². The molecule has 0 spiro atoms. The van der Waals surface area contributed by atoms with Gasteiger partial charge in [-0.15, -0.1) is 0 Å². The molecule has 1 aromatic carbocycles. The first-order valence-corrected chi connectivity index (χ1v) is 7.60. The molecule has 0 bridgehead atoms. The van der Waals surface area contributed by atoms with E-state index in [2.05, 4.69) is 52.0 Å². The van der Waals surface area contributed by atoms with Gasteiger partial charge in [0.1, 0.15) is 0 Å². The number of aliphatic hydroxyl groups excluding tert-OH is 1. The maximum Gasteiger partial charge on any atom is 0.0571 e. The van der Waals surface area contributed by atoms with Crippen LogP contribution in [-0.2, 0) is 6.42 Å². The Morgan fingerprint density at radius 3 is 2.32 bits per heavy atom. The molecule has 3 atom stereocenters. The van der Waals surface area contributed by atoms with Gasteiger partial charge in [-0.05, 0) is 55.4 Å². The zero-order chi connectivity index (χ0) is 14.0. The first-order chi connectivity index (χ1) is 8.86. The Balaban J connectivity index is 2.03. The van der Waals surface area contributed by atoms with Crippen molar-refractivity contribution in [3.05, 3.63) is 35.4 Å². The van der Waals surface area contributed by atoms with E-state index >= 15 is 0 Å². The summed E-state index contributed by atoms with van der Waals surface area (Å²) in [6.07, 6.45) is 4.22. The van der Waals surface area contributed by atoms with Crippen LogP contribution in [0.5, 0.6) is 0 Å². The predicted octanol–water partition coefficient (Wildman–Crippen LogP) is 4.36. The maximum absolute atomic E-state index is 10.3. The fraction of sp³-hybridized carbons (Fsp3) is 0.667.